The molecule has 2 atom stereocenters. The fourth-order valence-electron chi connectivity index (χ4n) is 4.37. The van der Waals surface area contributed by atoms with Crippen LogP contribution in [0.15, 0.2) is 103 Å². The van der Waals surface area contributed by atoms with E-state index in [1.807, 2.05) is 72.8 Å². The number of piperidine rings is 1. The van der Waals surface area contributed by atoms with E-state index in [0.717, 1.165) is 16.9 Å². The van der Waals surface area contributed by atoms with Gasteiger partial charge in [0.25, 0.3) is 0 Å². The first-order chi connectivity index (χ1) is 17.2. The van der Waals surface area contributed by atoms with Gasteiger partial charge in [0, 0.05) is 13.0 Å². The van der Waals surface area contributed by atoms with Gasteiger partial charge in [-0.05, 0) is 40.1 Å². The van der Waals surface area contributed by atoms with E-state index in [2.05, 4.69) is 30.3 Å². The maximum absolute atomic E-state index is 12.8. The third-order valence-electron chi connectivity index (χ3n) is 6.27. The number of nitrogens with zero attached hydrogens (tertiary/aromatic N) is 1. The summed E-state index contributed by atoms with van der Waals surface area (Å²) in [4.78, 5) is 14.5. The Morgan fingerprint density at radius 1 is 0.743 bits per heavy atom. The van der Waals surface area contributed by atoms with Crippen molar-refractivity contribution in [1.82, 2.24) is 4.90 Å². The van der Waals surface area contributed by atoms with Gasteiger partial charge in [-0.1, -0.05) is 84.9 Å². The minimum atomic E-state index is -0.327. The zero-order chi connectivity index (χ0) is 23.9. The highest BCUT2D eigenvalue weighted by atomic mass is 16.6. The van der Waals surface area contributed by atoms with Gasteiger partial charge in [0.2, 0.25) is 0 Å². The number of fused-ring (bicyclic) bond motifs is 1. The summed E-state index contributed by atoms with van der Waals surface area (Å²) < 4.78 is 18.2. The topological polar surface area (TPSA) is 48.0 Å². The number of carbonyl (C=O) groups is 1. The Kier molecular flexibility index (Phi) is 7.25. The SMILES string of the molecule is O=C(OCc1ccccc1)N1CCC(Oc2ccccc2)C(OCc2ccc3ccccc3c2)C1. The van der Waals surface area contributed by atoms with Gasteiger partial charge >= 0.3 is 6.09 Å². The van der Waals surface area contributed by atoms with Gasteiger partial charge < -0.3 is 19.1 Å². The van der Waals surface area contributed by atoms with Crippen LogP contribution in [0.1, 0.15) is 17.5 Å². The quantitative estimate of drug-likeness (QED) is 0.324. The lowest BCUT2D eigenvalue weighted by Crippen LogP contribution is -2.52. The molecule has 1 amide bonds. The number of carbonyl (C=O) groups excluding carboxylic acids is 1. The second-order valence-electron chi connectivity index (χ2n) is 8.78. The molecule has 0 radical (unpaired) electrons. The van der Waals surface area contributed by atoms with E-state index in [1.54, 1.807) is 4.90 Å². The van der Waals surface area contributed by atoms with Crippen LogP contribution in [0, 0.1) is 0 Å². The molecule has 1 fully saturated rings. The molecule has 4 aromatic rings. The molecule has 5 rings (SSSR count). The summed E-state index contributed by atoms with van der Waals surface area (Å²) >= 11 is 0. The first-order valence-corrected chi connectivity index (χ1v) is 12.0. The molecule has 1 aliphatic heterocycles. The minimum Gasteiger partial charge on any atom is -0.488 e. The van der Waals surface area contributed by atoms with Crippen LogP contribution >= 0.6 is 0 Å². The Labute approximate surface area is 205 Å². The monoisotopic (exact) mass is 467 g/mol. The summed E-state index contributed by atoms with van der Waals surface area (Å²) in [6.45, 7) is 1.67. The van der Waals surface area contributed by atoms with E-state index in [-0.39, 0.29) is 24.9 Å². The summed E-state index contributed by atoms with van der Waals surface area (Å²) in [5.74, 6) is 0.803. The van der Waals surface area contributed by atoms with Crippen molar-refractivity contribution in [3.05, 3.63) is 114 Å². The molecule has 0 saturated carbocycles. The molecule has 5 nitrogen and oxygen atoms in total. The Hall–Kier alpha value is -3.83. The highest BCUT2D eigenvalue weighted by molar-refractivity contribution is 5.82. The van der Waals surface area contributed by atoms with Crippen molar-refractivity contribution in [3.8, 4) is 5.75 Å². The van der Waals surface area contributed by atoms with Crippen LogP contribution in [-0.4, -0.2) is 36.3 Å². The smallest absolute Gasteiger partial charge is 0.410 e. The van der Waals surface area contributed by atoms with Gasteiger partial charge in [0.15, 0.2) is 0 Å². The molecule has 0 spiro atoms. The predicted molar refractivity (Wildman–Crippen MR) is 136 cm³/mol. The fraction of sp³-hybridized carbons (Fsp3) is 0.233. The predicted octanol–water partition coefficient (Wildman–Crippen LogP) is 6.22. The van der Waals surface area contributed by atoms with Crippen LogP contribution in [-0.2, 0) is 22.7 Å². The van der Waals surface area contributed by atoms with E-state index in [0.29, 0.717) is 26.1 Å². The summed E-state index contributed by atoms with van der Waals surface area (Å²) in [5, 5.41) is 2.38. The lowest BCUT2D eigenvalue weighted by atomic mass is 10.0. The molecule has 0 aromatic heterocycles. The van der Waals surface area contributed by atoms with Crippen LogP contribution < -0.4 is 4.74 Å². The zero-order valence-electron chi connectivity index (χ0n) is 19.6. The molecule has 0 N–H and O–H groups in total. The van der Waals surface area contributed by atoms with Crippen LogP contribution in [0.5, 0.6) is 5.75 Å². The normalized spacial score (nSPS) is 17.8. The summed E-state index contributed by atoms with van der Waals surface area (Å²) in [5.41, 5.74) is 2.05. The van der Waals surface area contributed by atoms with Gasteiger partial charge in [-0.3, -0.25) is 0 Å². The van der Waals surface area contributed by atoms with Crippen LogP contribution in [0.2, 0.25) is 0 Å². The number of benzene rings is 4. The van der Waals surface area contributed by atoms with Crippen LogP contribution in [0.3, 0.4) is 0 Å². The average molecular weight is 468 g/mol. The van der Waals surface area contributed by atoms with E-state index >= 15 is 0 Å². The number of amides is 1. The molecule has 2 unspecified atom stereocenters. The van der Waals surface area contributed by atoms with Gasteiger partial charge in [-0.2, -0.15) is 0 Å². The standard InChI is InChI=1S/C30H29NO4/c32-30(34-21-23-9-3-1-4-10-23)31-18-17-28(35-27-13-5-2-6-14-27)29(20-31)33-22-24-15-16-25-11-7-8-12-26(25)19-24/h1-16,19,28-29H,17-18,20-22H2. The first-order valence-electron chi connectivity index (χ1n) is 12.0. The molecule has 5 heteroatoms. The lowest BCUT2D eigenvalue weighted by molar-refractivity contribution is -0.0737. The van der Waals surface area contributed by atoms with Gasteiger partial charge in [0.05, 0.1) is 13.2 Å². The summed E-state index contributed by atoms with van der Waals surface area (Å²) in [6, 6.07) is 34.1. The number of hydrogen-bond acceptors (Lipinski definition) is 4. The van der Waals surface area contributed by atoms with Gasteiger partial charge in [-0.15, -0.1) is 0 Å². The number of ether oxygens (including phenoxy) is 3. The second-order valence-corrected chi connectivity index (χ2v) is 8.78. The highest BCUT2D eigenvalue weighted by Crippen LogP contribution is 2.24. The van der Waals surface area contributed by atoms with Crippen LogP contribution in [0.4, 0.5) is 4.79 Å². The maximum atomic E-state index is 12.8. The van der Waals surface area contributed by atoms with E-state index in [1.165, 1.54) is 10.8 Å². The zero-order valence-corrected chi connectivity index (χ0v) is 19.6. The molecule has 178 valence electrons. The van der Waals surface area contributed by atoms with Crippen LogP contribution in [0.25, 0.3) is 10.8 Å². The number of likely N-dealkylation sites (tertiary alicyclic amines) is 1. The van der Waals surface area contributed by atoms with Crippen molar-refractivity contribution >= 4 is 16.9 Å². The Bertz CT molecular complexity index is 1240. The molecule has 35 heavy (non-hydrogen) atoms. The largest absolute Gasteiger partial charge is 0.488 e. The minimum absolute atomic E-state index is 0.156. The lowest BCUT2D eigenvalue weighted by Gasteiger charge is -2.37. The number of rotatable bonds is 7. The molecule has 4 aromatic carbocycles. The van der Waals surface area contributed by atoms with Crippen molar-refractivity contribution in [2.75, 3.05) is 13.1 Å². The fourth-order valence-corrected chi connectivity index (χ4v) is 4.37. The molecule has 0 aliphatic carbocycles. The molecular weight excluding hydrogens is 438 g/mol. The number of hydrogen-bond donors (Lipinski definition) is 0. The summed E-state index contributed by atoms with van der Waals surface area (Å²) in [7, 11) is 0. The third kappa shape index (κ3) is 6.00. The molecule has 1 heterocycles. The Morgan fingerprint density at radius 2 is 1.46 bits per heavy atom. The Morgan fingerprint density at radius 3 is 2.26 bits per heavy atom. The highest BCUT2D eigenvalue weighted by Gasteiger charge is 2.34. The van der Waals surface area contributed by atoms with Crippen molar-refractivity contribution in [2.45, 2.75) is 31.8 Å². The Balaban J connectivity index is 1.26. The van der Waals surface area contributed by atoms with Gasteiger partial charge in [0.1, 0.15) is 24.6 Å². The average Bonchev–Trinajstić information content (AvgIpc) is 2.92. The van der Waals surface area contributed by atoms with Crippen molar-refractivity contribution in [1.29, 1.82) is 0 Å². The van der Waals surface area contributed by atoms with Crippen molar-refractivity contribution < 1.29 is 19.0 Å². The van der Waals surface area contributed by atoms with Crippen molar-refractivity contribution in [3.63, 3.8) is 0 Å². The number of para-hydroxylation sites is 1. The maximum Gasteiger partial charge on any atom is 0.410 e. The van der Waals surface area contributed by atoms with E-state index < -0.39 is 0 Å². The second kappa shape index (κ2) is 11.1. The van der Waals surface area contributed by atoms with E-state index in [9.17, 15) is 4.79 Å². The molecule has 0 bridgehead atoms. The summed E-state index contributed by atoms with van der Waals surface area (Å²) in [6.07, 6.45) is -0.0976. The third-order valence-corrected chi connectivity index (χ3v) is 6.27. The molecule has 1 saturated heterocycles. The molecular formula is C30H29NO4. The van der Waals surface area contributed by atoms with Crippen molar-refractivity contribution in [2.24, 2.45) is 0 Å². The van der Waals surface area contributed by atoms with Gasteiger partial charge in [-0.25, -0.2) is 4.79 Å². The van der Waals surface area contributed by atoms with E-state index in [4.69, 9.17) is 14.2 Å². The first kappa shape index (κ1) is 22.9. The molecule has 1 aliphatic rings.